The van der Waals surface area contributed by atoms with E-state index in [1.807, 2.05) is 19.9 Å². The van der Waals surface area contributed by atoms with Crippen LogP contribution in [0.4, 0.5) is 0 Å². The Morgan fingerprint density at radius 2 is 1.77 bits per heavy atom. The quantitative estimate of drug-likeness (QED) is 0.651. The molecule has 13 heavy (non-hydrogen) atoms. The van der Waals surface area contributed by atoms with E-state index in [9.17, 15) is 4.79 Å². The second-order valence-corrected chi connectivity index (χ2v) is 4.57. The summed E-state index contributed by atoms with van der Waals surface area (Å²) in [6.45, 7) is 10.2. The topological polar surface area (TPSA) is 32.9 Å². The Bertz CT molecular complexity index is 369. The van der Waals surface area contributed by atoms with E-state index in [1.54, 1.807) is 0 Å². The van der Waals surface area contributed by atoms with Crippen LogP contribution in [0.1, 0.15) is 37.6 Å². The summed E-state index contributed by atoms with van der Waals surface area (Å²) in [7, 11) is 0. The Kier molecular flexibility index (Phi) is 2.33. The van der Waals surface area contributed by atoms with Gasteiger partial charge in [0.05, 0.1) is 0 Å². The van der Waals surface area contributed by atoms with Crippen molar-refractivity contribution in [3.8, 4) is 0 Å². The first-order valence-corrected chi connectivity index (χ1v) is 4.53. The van der Waals surface area contributed by atoms with Crippen LogP contribution in [0.15, 0.2) is 10.9 Å². The van der Waals surface area contributed by atoms with E-state index in [2.05, 4.69) is 25.8 Å². The maximum absolute atomic E-state index is 11.3. The van der Waals surface area contributed by atoms with Gasteiger partial charge in [0, 0.05) is 11.3 Å². The third-order valence-electron chi connectivity index (χ3n) is 2.23. The number of pyridine rings is 1. The van der Waals surface area contributed by atoms with E-state index in [4.69, 9.17) is 0 Å². The average molecular weight is 179 g/mol. The number of rotatable bonds is 0. The lowest BCUT2D eigenvalue weighted by atomic mass is 9.85. The van der Waals surface area contributed by atoms with E-state index in [1.165, 1.54) is 5.56 Å². The van der Waals surface area contributed by atoms with Gasteiger partial charge in [0.1, 0.15) is 0 Å². The van der Waals surface area contributed by atoms with Crippen molar-refractivity contribution in [2.24, 2.45) is 0 Å². The molecule has 2 nitrogen and oxygen atoms in total. The Morgan fingerprint density at radius 1 is 1.23 bits per heavy atom. The van der Waals surface area contributed by atoms with Crippen molar-refractivity contribution in [3.63, 3.8) is 0 Å². The lowest BCUT2D eigenvalue weighted by Gasteiger charge is -2.21. The summed E-state index contributed by atoms with van der Waals surface area (Å²) < 4.78 is 0. The summed E-state index contributed by atoms with van der Waals surface area (Å²) in [5.41, 5.74) is 3.09. The lowest BCUT2D eigenvalue weighted by molar-refractivity contribution is 0.580. The van der Waals surface area contributed by atoms with Crippen LogP contribution in [0.2, 0.25) is 0 Å². The summed E-state index contributed by atoms with van der Waals surface area (Å²) in [5, 5.41) is 0. The van der Waals surface area contributed by atoms with Crippen LogP contribution in [-0.2, 0) is 5.41 Å². The average Bonchev–Trinajstić information content (AvgIpc) is 1.94. The zero-order chi connectivity index (χ0) is 10.2. The highest BCUT2D eigenvalue weighted by molar-refractivity contribution is 5.29. The fourth-order valence-electron chi connectivity index (χ4n) is 1.51. The van der Waals surface area contributed by atoms with Crippen molar-refractivity contribution in [1.82, 2.24) is 4.98 Å². The number of aromatic nitrogens is 1. The van der Waals surface area contributed by atoms with Crippen LogP contribution >= 0.6 is 0 Å². The second kappa shape index (κ2) is 3.02. The van der Waals surface area contributed by atoms with Crippen LogP contribution in [0.25, 0.3) is 0 Å². The molecule has 1 rings (SSSR count). The van der Waals surface area contributed by atoms with Crippen molar-refractivity contribution in [2.45, 2.75) is 40.0 Å². The molecule has 2 heteroatoms. The third-order valence-corrected chi connectivity index (χ3v) is 2.23. The highest BCUT2D eigenvalue weighted by atomic mass is 16.1. The maximum Gasteiger partial charge on any atom is 0.251 e. The molecule has 0 aliphatic rings. The molecule has 0 aliphatic heterocycles. The van der Waals surface area contributed by atoms with Gasteiger partial charge in [-0.25, -0.2) is 0 Å². The predicted octanol–water partition coefficient (Wildman–Crippen LogP) is 2.29. The Labute approximate surface area is 79.0 Å². The smallest absolute Gasteiger partial charge is 0.251 e. The van der Waals surface area contributed by atoms with E-state index in [0.717, 1.165) is 11.3 Å². The molecule has 0 unspecified atom stereocenters. The van der Waals surface area contributed by atoms with Crippen molar-refractivity contribution < 1.29 is 0 Å². The SMILES string of the molecule is Cc1[nH]c(=O)c(C)cc1C(C)(C)C. The molecule has 0 fully saturated rings. The molecule has 0 bridgehead atoms. The van der Waals surface area contributed by atoms with Crippen LogP contribution in [0.3, 0.4) is 0 Å². The molecule has 0 atom stereocenters. The molecule has 0 saturated carbocycles. The molecule has 1 aromatic heterocycles. The lowest BCUT2D eigenvalue weighted by Crippen LogP contribution is -2.20. The van der Waals surface area contributed by atoms with Gasteiger partial charge in [0.25, 0.3) is 5.56 Å². The van der Waals surface area contributed by atoms with Crippen LogP contribution in [0, 0.1) is 13.8 Å². The highest BCUT2D eigenvalue weighted by Crippen LogP contribution is 2.23. The normalized spacial score (nSPS) is 11.8. The molecule has 1 heterocycles. The predicted molar refractivity (Wildman–Crippen MR) is 55.2 cm³/mol. The molecule has 1 N–H and O–H groups in total. The van der Waals surface area contributed by atoms with Gasteiger partial charge in [-0.15, -0.1) is 0 Å². The van der Waals surface area contributed by atoms with Gasteiger partial charge in [0.15, 0.2) is 0 Å². The standard InChI is InChI=1S/C11H17NO/c1-7-6-9(11(3,4)5)8(2)12-10(7)13/h6H,1-5H3,(H,12,13). The summed E-state index contributed by atoms with van der Waals surface area (Å²) in [4.78, 5) is 14.1. The van der Waals surface area contributed by atoms with Crippen molar-refractivity contribution in [2.75, 3.05) is 0 Å². The van der Waals surface area contributed by atoms with Crippen LogP contribution in [-0.4, -0.2) is 4.98 Å². The fourth-order valence-corrected chi connectivity index (χ4v) is 1.51. The van der Waals surface area contributed by atoms with Crippen LogP contribution in [0.5, 0.6) is 0 Å². The van der Waals surface area contributed by atoms with Gasteiger partial charge in [-0.3, -0.25) is 4.79 Å². The summed E-state index contributed by atoms with van der Waals surface area (Å²) >= 11 is 0. The molecule has 1 aromatic rings. The molecule has 0 spiro atoms. The zero-order valence-electron chi connectivity index (χ0n) is 8.99. The number of nitrogens with one attached hydrogen (secondary N) is 1. The molecule has 0 aliphatic carbocycles. The van der Waals surface area contributed by atoms with E-state index in [-0.39, 0.29) is 11.0 Å². The van der Waals surface area contributed by atoms with Gasteiger partial charge in [-0.2, -0.15) is 0 Å². The molecule has 72 valence electrons. The largest absolute Gasteiger partial charge is 0.326 e. The molecular formula is C11H17NO. The molecular weight excluding hydrogens is 162 g/mol. The van der Waals surface area contributed by atoms with E-state index >= 15 is 0 Å². The number of aryl methyl sites for hydroxylation is 2. The van der Waals surface area contributed by atoms with Crippen molar-refractivity contribution in [3.05, 3.63) is 33.2 Å². The molecule has 0 saturated heterocycles. The first-order chi connectivity index (χ1) is 5.82. The molecule has 0 aromatic carbocycles. The summed E-state index contributed by atoms with van der Waals surface area (Å²) in [6.07, 6.45) is 0. The summed E-state index contributed by atoms with van der Waals surface area (Å²) in [6, 6.07) is 1.98. The van der Waals surface area contributed by atoms with Crippen molar-refractivity contribution in [1.29, 1.82) is 0 Å². The molecule has 0 radical (unpaired) electrons. The zero-order valence-corrected chi connectivity index (χ0v) is 8.99. The first kappa shape index (κ1) is 10.0. The first-order valence-electron chi connectivity index (χ1n) is 4.53. The minimum absolute atomic E-state index is 0.0190. The monoisotopic (exact) mass is 179 g/mol. The van der Waals surface area contributed by atoms with E-state index in [0.29, 0.717) is 0 Å². The van der Waals surface area contributed by atoms with Crippen LogP contribution < -0.4 is 5.56 Å². The van der Waals surface area contributed by atoms with Gasteiger partial charge in [-0.1, -0.05) is 20.8 Å². The van der Waals surface area contributed by atoms with Gasteiger partial charge in [-0.05, 0) is 30.9 Å². The fraction of sp³-hybridized carbons (Fsp3) is 0.545. The Hall–Kier alpha value is -1.05. The second-order valence-electron chi connectivity index (χ2n) is 4.57. The maximum atomic E-state index is 11.3. The summed E-state index contributed by atoms with van der Waals surface area (Å²) in [5.74, 6) is 0. The minimum atomic E-state index is 0.0190. The van der Waals surface area contributed by atoms with E-state index < -0.39 is 0 Å². The number of hydrogen-bond donors (Lipinski definition) is 1. The molecule has 0 amide bonds. The number of H-pyrrole nitrogens is 1. The number of aromatic amines is 1. The van der Waals surface area contributed by atoms with Gasteiger partial charge < -0.3 is 4.98 Å². The number of hydrogen-bond acceptors (Lipinski definition) is 1. The third kappa shape index (κ3) is 2.00. The Morgan fingerprint density at radius 3 is 2.23 bits per heavy atom. The van der Waals surface area contributed by atoms with Gasteiger partial charge >= 0.3 is 0 Å². The van der Waals surface area contributed by atoms with Crippen molar-refractivity contribution >= 4 is 0 Å². The van der Waals surface area contributed by atoms with Gasteiger partial charge in [0.2, 0.25) is 0 Å². The minimum Gasteiger partial charge on any atom is -0.326 e. The Balaban J connectivity index is 3.41. The highest BCUT2D eigenvalue weighted by Gasteiger charge is 2.17.